The molecule has 4 rings (SSSR count). The molecule has 1 atom stereocenters. The van der Waals surface area contributed by atoms with Crippen molar-refractivity contribution in [3.63, 3.8) is 0 Å². The van der Waals surface area contributed by atoms with Gasteiger partial charge in [-0.05, 0) is 44.0 Å². The molecule has 7 heteroatoms. The number of para-hydroxylation sites is 2. The Morgan fingerprint density at radius 1 is 1.24 bits per heavy atom. The summed E-state index contributed by atoms with van der Waals surface area (Å²) >= 11 is 1.48. The van der Waals surface area contributed by atoms with Crippen molar-refractivity contribution >= 4 is 23.4 Å². The van der Waals surface area contributed by atoms with Gasteiger partial charge in [-0.2, -0.15) is 4.98 Å². The van der Waals surface area contributed by atoms with Gasteiger partial charge in [-0.3, -0.25) is 4.79 Å². The molecule has 6 nitrogen and oxygen atoms in total. The number of nitrogens with zero attached hydrogens (tertiary/aromatic N) is 3. The third-order valence-corrected chi connectivity index (χ3v) is 5.73. The minimum atomic E-state index is 0.105. The summed E-state index contributed by atoms with van der Waals surface area (Å²) in [6.07, 6.45) is 0.902. The Morgan fingerprint density at radius 3 is 2.90 bits per heavy atom. The number of fused-ring (bicyclic) bond motifs is 1. The molecule has 0 unspecified atom stereocenters. The number of hydrogen-bond acceptors (Lipinski definition) is 6. The number of carbonyl (C=O) groups excluding carboxylic acids is 1. The van der Waals surface area contributed by atoms with Gasteiger partial charge in [-0.1, -0.05) is 35.5 Å². The molecule has 2 aromatic carbocycles. The second kappa shape index (κ2) is 8.69. The third kappa shape index (κ3) is 4.15. The maximum absolute atomic E-state index is 12.8. The number of aromatic nitrogens is 2. The molecule has 0 saturated heterocycles. The average Bonchev–Trinajstić information content (AvgIpc) is 3.32. The summed E-state index contributed by atoms with van der Waals surface area (Å²) in [4.78, 5) is 19.1. The first-order chi connectivity index (χ1) is 14.2. The number of benzene rings is 2. The summed E-state index contributed by atoms with van der Waals surface area (Å²) in [5, 5.41) is 4.07. The zero-order valence-corrected chi connectivity index (χ0v) is 17.3. The molecular weight excluding hydrogens is 386 g/mol. The lowest BCUT2D eigenvalue weighted by molar-refractivity contribution is -0.116. The fourth-order valence-corrected chi connectivity index (χ4v) is 4.30. The van der Waals surface area contributed by atoms with Crippen LogP contribution in [0, 0.1) is 0 Å². The molecule has 29 heavy (non-hydrogen) atoms. The summed E-state index contributed by atoms with van der Waals surface area (Å²) in [5.74, 6) is 2.68. The summed E-state index contributed by atoms with van der Waals surface area (Å²) in [6.45, 7) is 4.59. The maximum atomic E-state index is 12.8. The topological polar surface area (TPSA) is 68.5 Å². The number of thioether (sulfide) groups is 1. The van der Waals surface area contributed by atoms with E-state index in [1.165, 1.54) is 17.3 Å². The van der Waals surface area contributed by atoms with Crippen LogP contribution < -0.4 is 9.64 Å². The Balaban J connectivity index is 1.37. The molecule has 2 heterocycles. The molecular formula is C22H23N3O3S. The lowest BCUT2D eigenvalue weighted by Gasteiger charge is -2.22. The quantitative estimate of drug-likeness (QED) is 0.578. The van der Waals surface area contributed by atoms with Gasteiger partial charge in [0.2, 0.25) is 17.6 Å². The first kappa shape index (κ1) is 19.5. The number of anilines is 1. The van der Waals surface area contributed by atoms with E-state index >= 15 is 0 Å². The Morgan fingerprint density at radius 2 is 2.03 bits per heavy atom. The van der Waals surface area contributed by atoms with Crippen molar-refractivity contribution in [3.8, 4) is 17.1 Å². The van der Waals surface area contributed by atoms with Crippen LogP contribution in [0.5, 0.6) is 5.75 Å². The van der Waals surface area contributed by atoms with E-state index in [1.807, 2.05) is 54.3 Å². The van der Waals surface area contributed by atoms with Crippen LogP contribution in [0.25, 0.3) is 11.4 Å². The first-order valence-corrected chi connectivity index (χ1v) is 10.8. The Kier molecular flexibility index (Phi) is 5.85. The highest BCUT2D eigenvalue weighted by atomic mass is 32.2. The minimum absolute atomic E-state index is 0.105. The van der Waals surface area contributed by atoms with Crippen molar-refractivity contribution < 1.29 is 14.1 Å². The molecule has 1 aliphatic heterocycles. The van der Waals surface area contributed by atoms with Crippen LogP contribution in [0.1, 0.15) is 25.3 Å². The van der Waals surface area contributed by atoms with E-state index in [0.29, 0.717) is 29.8 Å². The third-order valence-electron chi connectivity index (χ3n) is 4.82. The Labute approximate surface area is 174 Å². The van der Waals surface area contributed by atoms with Crippen molar-refractivity contribution in [3.05, 3.63) is 60.0 Å². The summed E-state index contributed by atoms with van der Waals surface area (Å²) in [6, 6.07) is 15.9. The van der Waals surface area contributed by atoms with E-state index in [2.05, 4.69) is 23.1 Å². The number of carbonyl (C=O) groups is 1. The van der Waals surface area contributed by atoms with Gasteiger partial charge < -0.3 is 14.2 Å². The fraction of sp³-hybridized carbons (Fsp3) is 0.318. The van der Waals surface area contributed by atoms with Crippen LogP contribution in [-0.2, 0) is 17.0 Å². The van der Waals surface area contributed by atoms with Crippen LogP contribution >= 0.6 is 11.8 Å². The smallest absolute Gasteiger partial charge is 0.237 e. The van der Waals surface area contributed by atoms with Crippen LogP contribution in [0.4, 0.5) is 5.69 Å². The highest BCUT2D eigenvalue weighted by molar-refractivity contribution is 7.99. The molecule has 0 bridgehead atoms. The molecule has 1 aromatic heterocycles. The minimum Gasteiger partial charge on any atom is -0.493 e. The van der Waals surface area contributed by atoms with Gasteiger partial charge in [-0.25, -0.2) is 0 Å². The van der Waals surface area contributed by atoms with Crippen molar-refractivity contribution in [2.45, 2.75) is 32.1 Å². The number of amides is 1. The van der Waals surface area contributed by atoms with E-state index in [0.717, 1.165) is 23.4 Å². The number of hydrogen-bond donors (Lipinski definition) is 0. The van der Waals surface area contributed by atoms with E-state index in [4.69, 9.17) is 9.26 Å². The molecule has 0 fully saturated rings. The largest absolute Gasteiger partial charge is 0.493 e. The summed E-state index contributed by atoms with van der Waals surface area (Å²) in [5.41, 5.74) is 3.05. The fourth-order valence-electron chi connectivity index (χ4n) is 3.60. The number of rotatable bonds is 7. The molecule has 3 aromatic rings. The predicted molar refractivity (Wildman–Crippen MR) is 114 cm³/mol. The predicted octanol–water partition coefficient (Wildman–Crippen LogP) is 4.35. The Hall–Kier alpha value is -2.80. The second-order valence-electron chi connectivity index (χ2n) is 6.88. The molecule has 0 N–H and O–H groups in total. The lowest BCUT2D eigenvalue weighted by Crippen LogP contribution is -2.37. The van der Waals surface area contributed by atoms with Crippen molar-refractivity contribution in [1.82, 2.24) is 10.1 Å². The molecule has 1 amide bonds. The maximum Gasteiger partial charge on any atom is 0.237 e. The summed E-state index contributed by atoms with van der Waals surface area (Å²) in [7, 11) is 0. The van der Waals surface area contributed by atoms with Crippen molar-refractivity contribution in [2.75, 3.05) is 17.3 Å². The first-order valence-electron chi connectivity index (χ1n) is 9.70. The highest BCUT2D eigenvalue weighted by Crippen LogP contribution is 2.32. The van der Waals surface area contributed by atoms with E-state index in [9.17, 15) is 4.79 Å². The molecule has 0 saturated carbocycles. The molecule has 150 valence electrons. The SMILES string of the molecule is CCOc1ccccc1-c1noc(CSCC(=O)N2c3ccccc3C[C@@H]2C)n1. The molecule has 0 radical (unpaired) electrons. The van der Waals surface area contributed by atoms with Crippen LogP contribution in [-0.4, -0.2) is 34.4 Å². The van der Waals surface area contributed by atoms with Gasteiger partial charge in [0.25, 0.3) is 0 Å². The normalized spacial score (nSPS) is 15.4. The van der Waals surface area contributed by atoms with Gasteiger partial charge in [0, 0.05) is 11.7 Å². The average molecular weight is 410 g/mol. The molecule has 0 aliphatic carbocycles. The highest BCUT2D eigenvalue weighted by Gasteiger charge is 2.30. The van der Waals surface area contributed by atoms with Gasteiger partial charge in [-0.15, -0.1) is 11.8 Å². The van der Waals surface area contributed by atoms with Crippen molar-refractivity contribution in [2.24, 2.45) is 0 Å². The zero-order valence-electron chi connectivity index (χ0n) is 16.5. The standard InChI is InChI=1S/C22H23N3O3S/c1-3-27-19-11-7-5-9-17(19)22-23-20(28-24-22)13-29-14-21(26)25-15(2)12-16-8-4-6-10-18(16)25/h4-11,15H,3,12-14H2,1-2H3/t15-/m0/s1. The van der Waals surface area contributed by atoms with E-state index < -0.39 is 0 Å². The lowest BCUT2D eigenvalue weighted by atomic mass is 10.1. The van der Waals surface area contributed by atoms with Crippen LogP contribution in [0.15, 0.2) is 53.1 Å². The Bertz CT molecular complexity index is 1000. The summed E-state index contributed by atoms with van der Waals surface area (Å²) < 4.78 is 11.0. The van der Waals surface area contributed by atoms with E-state index in [1.54, 1.807) is 0 Å². The van der Waals surface area contributed by atoms with Crippen LogP contribution in [0.3, 0.4) is 0 Å². The zero-order chi connectivity index (χ0) is 20.2. The van der Waals surface area contributed by atoms with Gasteiger partial charge in [0.05, 0.1) is 23.7 Å². The number of ether oxygens (including phenoxy) is 1. The molecule has 0 spiro atoms. The van der Waals surface area contributed by atoms with Gasteiger partial charge in [0.1, 0.15) is 5.75 Å². The monoisotopic (exact) mass is 409 g/mol. The van der Waals surface area contributed by atoms with Crippen molar-refractivity contribution in [1.29, 1.82) is 0 Å². The second-order valence-corrected chi connectivity index (χ2v) is 7.86. The van der Waals surface area contributed by atoms with E-state index in [-0.39, 0.29) is 11.9 Å². The van der Waals surface area contributed by atoms with Gasteiger partial charge >= 0.3 is 0 Å². The molecule has 1 aliphatic rings. The van der Waals surface area contributed by atoms with Crippen LogP contribution in [0.2, 0.25) is 0 Å². The van der Waals surface area contributed by atoms with Gasteiger partial charge in [0.15, 0.2) is 0 Å².